The number of nitrogens with zero attached hydrogens (tertiary/aromatic N) is 1. The monoisotopic (exact) mass is 333 g/mol. The molecular weight excluding hydrogens is 318 g/mol. The molecule has 0 aliphatic heterocycles. The van der Waals surface area contributed by atoms with Crippen LogP contribution in [-0.4, -0.2) is 10.7 Å². The van der Waals surface area contributed by atoms with Crippen LogP contribution in [0.3, 0.4) is 0 Å². The minimum atomic E-state index is -0.449. The zero-order chi connectivity index (χ0) is 17.8. The molecule has 2 aromatic carbocycles. The number of ketones is 1. The van der Waals surface area contributed by atoms with Crippen molar-refractivity contribution < 1.29 is 14.1 Å². The minimum absolute atomic E-state index is 0.0247. The highest BCUT2D eigenvalue weighted by molar-refractivity contribution is 6.07. The highest BCUT2D eigenvalue weighted by atomic mass is 16.6. The van der Waals surface area contributed by atoms with Gasteiger partial charge in [-0.25, -0.2) is 0 Å². The number of aryl methyl sites for hydroxylation is 1. The van der Waals surface area contributed by atoms with E-state index in [0.29, 0.717) is 22.6 Å². The quantitative estimate of drug-likeness (QED) is 0.283. The molecule has 5 heteroatoms. The molecule has 0 radical (unpaired) electrons. The zero-order valence-electron chi connectivity index (χ0n) is 13.5. The van der Waals surface area contributed by atoms with Crippen molar-refractivity contribution in [1.82, 2.24) is 0 Å². The van der Waals surface area contributed by atoms with Crippen LogP contribution in [0.5, 0.6) is 0 Å². The van der Waals surface area contributed by atoms with E-state index >= 15 is 0 Å². The molecule has 0 atom stereocenters. The van der Waals surface area contributed by atoms with Gasteiger partial charge in [0.1, 0.15) is 11.5 Å². The van der Waals surface area contributed by atoms with E-state index in [9.17, 15) is 14.9 Å². The zero-order valence-corrected chi connectivity index (χ0v) is 13.5. The molecule has 124 valence electrons. The topological polar surface area (TPSA) is 73.3 Å². The molecule has 1 aromatic heterocycles. The lowest BCUT2D eigenvalue weighted by molar-refractivity contribution is -0.384. The second kappa shape index (κ2) is 6.97. The van der Waals surface area contributed by atoms with Crippen LogP contribution in [0, 0.1) is 17.0 Å². The molecule has 0 saturated heterocycles. The third-order valence-electron chi connectivity index (χ3n) is 3.80. The lowest BCUT2D eigenvalue weighted by atomic mass is 10.0. The van der Waals surface area contributed by atoms with Crippen molar-refractivity contribution in [2.24, 2.45) is 0 Å². The molecule has 5 nitrogen and oxygen atoms in total. The number of rotatable bonds is 5. The highest BCUT2D eigenvalue weighted by Gasteiger charge is 2.16. The summed E-state index contributed by atoms with van der Waals surface area (Å²) in [6.45, 7) is 1.88. The largest absolute Gasteiger partial charge is 0.456 e. The van der Waals surface area contributed by atoms with Gasteiger partial charge in [0, 0.05) is 11.6 Å². The summed E-state index contributed by atoms with van der Waals surface area (Å²) in [7, 11) is 0. The molecule has 0 amide bonds. The van der Waals surface area contributed by atoms with Gasteiger partial charge in [0.05, 0.1) is 10.5 Å². The molecule has 3 aromatic rings. The molecule has 1 heterocycles. The predicted molar refractivity (Wildman–Crippen MR) is 95.3 cm³/mol. The van der Waals surface area contributed by atoms with Crippen molar-refractivity contribution >= 4 is 17.5 Å². The Hall–Kier alpha value is -3.47. The molecule has 3 rings (SSSR count). The smallest absolute Gasteiger partial charge is 0.280 e. The number of furan rings is 1. The van der Waals surface area contributed by atoms with E-state index in [4.69, 9.17) is 4.42 Å². The first-order chi connectivity index (χ1) is 12.1. The molecule has 0 spiro atoms. The van der Waals surface area contributed by atoms with Crippen LogP contribution in [0.25, 0.3) is 17.4 Å². The van der Waals surface area contributed by atoms with Gasteiger partial charge >= 0.3 is 0 Å². The number of carbonyl (C=O) groups is 1. The van der Waals surface area contributed by atoms with Crippen molar-refractivity contribution in [2.45, 2.75) is 6.92 Å². The molecule has 0 bridgehead atoms. The second-order valence-corrected chi connectivity index (χ2v) is 5.49. The van der Waals surface area contributed by atoms with Crippen molar-refractivity contribution in [3.05, 3.63) is 93.7 Å². The van der Waals surface area contributed by atoms with Gasteiger partial charge in [0.25, 0.3) is 5.69 Å². The van der Waals surface area contributed by atoms with Crippen LogP contribution in [0.2, 0.25) is 0 Å². The van der Waals surface area contributed by atoms with Crippen LogP contribution < -0.4 is 0 Å². The third kappa shape index (κ3) is 3.55. The summed E-state index contributed by atoms with van der Waals surface area (Å²) in [5.41, 5.74) is 1.90. The number of hydrogen-bond donors (Lipinski definition) is 0. The van der Waals surface area contributed by atoms with Gasteiger partial charge in [-0.3, -0.25) is 14.9 Å². The number of nitro groups is 1. The van der Waals surface area contributed by atoms with Crippen LogP contribution in [0.1, 0.15) is 21.7 Å². The number of nitro benzene ring substituents is 1. The maximum absolute atomic E-state index is 12.2. The minimum Gasteiger partial charge on any atom is -0.456 e. The van der Waals surface area contributed by atoms with Gasteiger partial charge < -0.3 is 4.42 Å². The number of benzene rings is 2. The maximum Gasteiger partial charge on any atom is 0.280 e. The van der Waals surface area contributed by atoms with E-state index in [1.165, 1.54) is 12.1 Å². The number of hydrogen-bond acceptors (Lipinski definition) is 4. The SMILES string of the molecule is Cc1ccccc1C(=O)/C=C/c1ccc(-c2ccccc2[N+](=O)[O-])o1. The van der Waals surface area contributed by atoms with Crippen molar-refractivity contribution in [1.29, 1.82) is 0 Å². The first-order valence-electron chi connectivity index (χ1n) is 7.68. The lowest BCUT2D eigenvalue weighted by Gasteiger charge is -2.00. The van der Waals surface area contributed by atoms with Gasteiger partial charge in [-0.1, -0.05) is 36.4 Å². The fourth-order valence-electron chi connectivity index (χ4n) is 2.53. The summed E-state index contributed by atoms with van der Waals surface area (Å²) in [5, 5.41) is 11.1. The molecular formula is C20H15NO4. The summed E-state index contributed by atoms with van der Waals surface area (Å²) in [6.07, 6.45) is 3.00. The predicted octanol–water partition coefficient (Wildman–Crippen LogP) is 5.06. The van der Waals surface area contributed by atoms with Crippen molar-refractivity contribution in [3.8, 4) is 11.3 Å². The lowest BCUT2D eigenvalue weighted by Crippen LogP contribution is -1.96. The molecule has 0 unspecified atom stereocenters. The summed E-state index contributed by atoms with van der Waals surface area (Å²) in [6, 6.07) is 17.0. The molecule has 0 saturated carbocycles. The highest BCUT2D eigenvalue weighted by Crippen LogP contribution is 2.31. The Balaban J connectivity index is 1.84. The van der Waals surface area contributed by atoms with Crippen molar-refractivity contribution in [2.75, 3.05) is 0 Å². The normalized spacial score (nSPS) is 10.9. The van der Waals surface area contributed by atoms with Gasteiger partial charge in [0.2, 0.25) is 0 Å². The van der Waals surface area contributed by atoms with Gasteiger partial charge in [0.15, 0.2) is 5.78 Å². The molecule has 0 aliphatic carbocycles. The fourth-order valence-corrected chi connectivity index (χ4v) is 2.53. The Kier molecular flexibility index (Phi) is 4.57. The second-order valence-electron chi connectivity index (χ2n) is 5.49. The number of allylic oxidation sites excluding steroid dienone is 1. The Bertz CT molecular complexity index is 969. The first-order valence-corrected chi connectivity index (χ1v) is 7.68. The molecule has 0 fully saturated rings. The summed E-state index contributed by atoms with van der Waals surface area (Å²) in [5.74, 6) is 0.715. The fraction of sp³-hybridized carbons (Fsp3) is 0.0500. The summed E-state index contributed by atoms with van der Waals surface area (Å²) < 4.78 is 5.63. The Morgan fingerprint density at radius 2 is 1.76 bits per heavy atom. The average Bonchev–Trinajstić information content (AvgIpc) is 3.09. The summed E-state index contributed by atoms with van der Waals surface area (Å²) in [4.78, 5) is 22.9. The number of carbonyl (C=O) groups excluding carboxylic acids is 1. The average molecular weight is 333 g/mol. The van der Waals surface area contributed by atoms with Crippen LogP contribution in [-0.2, 0) is 0 Å². The van der Waals surface area contributed by atoms with Gasteiger partial charge in [-0.15, -0.1) is 0 Å². The molecule has 0 N–H and O–H groups in total. The first kappa shape index (κ1) is 16.4. The molecule has 0 aliphatic rings. The maximum atomic E-state index is 12.2. The third-order valence-corrected chi connectivity index (χ3v) is 3.80. The van der Waals surface area contributed by atoms with E-state index in [2.05, 4.69) is 0 Å². The Morgan fingerprint density at radius 3 is 2.52 bits per heavy atom. The van der Waals surface area contributed by atoms with E-state index in [0.717, 1.165) is 5.56 Å². The standard InChI is InChI=1S/C20H15NO4/c1-14-6-2-3-7-16(14)19(22)12-10-15-11-13-20(25-15)17-8-4-5-9-18(17)21(23)24/h2-13H,1H3/b12-10+. The number of para-hydroxylation sites is 1. The Morgan fingerprint density at radius 1 is 1.04 bits per heavy atom. The van der Waals surface area contributed by atoms with Gasteiger partial charge in [-0.05, 0) is 42.8 Å². The van der Waals surface area contributed by atoms with E-state index in [-0.39, 0.29) is 11.5 Å². The Labute approximate surface area is 144 Å². The van der Waals surface area contributed by atoms with Crippen LogP contribution in [0.15, 0.2) is 71.2 Å². The van der Waals surface area contributed by atoms with Crippen LogP contribution in [0.4, 0.5) is 5.69 Å². The summed E-state index contributed by atoms with van der Waals surface area (Å²) >= 11 is 0. The van der Waals surface area contributed by atoms with Crippen molar-refractivity contribution in [3.63, 3.8) is 0 Å². The van der Waals surface area contributed by atoms with E-state index in [1.807, 2.05) is 25.1 Å². The van der Waals surface area contributed by atoms with E-state index < -0.39 is 4.92 Å². The van der Waals surface area contributed by atoms with Crippen LogP contribution >= 0.6 is 0 Å². The van der Waals surface area contributed by atoms with Gasteiger partial charge in [-0.2, -0.15) is 0 Å². The van der Waals surface area contributed by atoms with E-state index in [1.54, 1.807) is 42.5 Å². The molecule has 25 heavy (non-hydrogen) atoms.